The van der Waals surface area contributed by atoms with Crippen LogP contribution in [0.15, 0.2) is 64.8 Å². The van der Waals surface area contributed by atoms with Gasteiger partial charge in [-0.3, -0.25) is 9.59 Å². The number of carbonyl (C=O) groups excluding carboxylic acids is 2. The van der Waals surface area contributed by atoms with E-state index in [0.29, 0.717) is 52.9 Å². The van der Waals surface area contributed by atoms with Gasteiger partial charge in [0.25, 0.3) is 5.91 Å². The number of ether oxygens (including phenoxy) is 4. The molecule has 1 N–H and O–H groups in total. The Morgan fingerprint density at radius 3 is 2.65 bits per heavy atom. The van der Waals surface area contributed by atoms with Crippen molar-refractivity contribution in [3.05, 3.63) is 81.5 Å². The van der Waals surface area contributed by atoms with E-state index in [1.54, 1.807) is 43.5 Å². The van der Waals surface area contributed by atoms with Gasteiger partial charge in [-0.25, -0.2) is 0 Å². The normalized spacial score (nSPS) is 13.8. The Balaban J connectivity index is 1.40. The number of nitrogens with one attached hydrogen (secondary N) is 1. The van der Waals surface area contributed by atoms with E-state index in [-0.39, 0.29) is 25.1 Å². The van der Waals surface area contributed by atoms with E-state index in [2.05, 4.69) is 21.2 Å². The second-order valence-corrected chi connectivity index (χ2v) is 9.36. The number of amides is 1. The van der Waals surface area contributed by atoms with E-state index in [0.717, 1.165) is 15.6 Å². The molecule has 0 aromatic heterocycles. The second kappa shape index (κ2) is 10.6. The van der Waals surface area contributed by atoms with Crippen LogP contribution in [0.25, 0.3) is 6.08 Å². The van der Waals surface area contributed by atoms with Gasteiger partial charge in [-0.1, -0.05) is 30.3 Å². The smallest absolute Gasteiger partial charge is 0.262 e. The summed E-state index contributed by atoms with van der Waals surface area (Å²) in [6, 6.07) is 16.0. The predicted octanol–water partition coefficient (Wildman–Crippen LogP) is 4.92. The van der Waals surface area contributed by atoms with E-state index in [9.17, 15) is 9.59 Å². The minimum Gasteiger partial charge on any atom is -0.492 e. The predicted molar refractivity (Wildman–Crippen MR) is 142 cm³/mol. The fourth-order valence-electron chi connectivity index (χ4n) is 4.36. The molecule has 1 amide bonds. The zero-order valence-corrected chi connectivity index (χ0v) is 22.0. The molecule has 0 radical (unpaired) electrons. The summed E-state index contributed by atoms with van der Waals surface area (Å²) in [5.41, 5.74) is 3.21. The van der Waals surface area contributed by atoms with Crippen molar-refractivity contribution in [3.63, 3.8) is 0 Å². The van der Waals surface area contributed by atoms with E-state index in [1.165, 1.54) is 0 Å². The van der Waals surface area contributed by atoms with Gasteiger partial charge in [0.05, 0.1) is 17.3 Å². The number of fused-ring (bicyclic) bond motifs is 2. The molecule has 0 fully saturated rings. The molecule has 0 saturated heterocycles. The topological polar surface area (TPSA) is 86.3 Å². The quantitative estimate of drug-likeness (QED) is 0.408. The molecule has 2 aliphatic heterocycles. The first-order valence-electron chi connectivity index (χ1n) is 11.7. The highest BCUT2D eigenvalue weighted by Crippen LogP contribution is 2.51. The van der Waals surface area contributed by atoms with Gasteiger partial charge in [-0.15, -0.1) is 0 Å². The number of hydrogen-bond donors (Lipinski definition) is 1. The summed E-state index contributed by atoms with van der Waals surface area (Å²) in [5, 5.41) is 2.80. The maximum atomic E-state index is 13.7. The van der Waals surface area contributed by atoms with Gasteiger partial charge in [0.15, 0.2) is 18.1 Å². The maximum Gasteiger partial charge on any atom is 0.262 e. The lowest BCUT2D eigenvalue weighted by molar-refractivity contribution is -0.118. The largest absolute Gasteiger partial charge is 0.492 e. The molecule has 0 atom stereocenters. The second-order valence-electron chi connectivity index (χ2n) is 8.57. The molecule has 190 valence electrons. The molecular weight excluding hydrogens is 540 g/mol. The van der Waals surface area contributed by atoms with E-state index < -0.39 is 0 Å². The van der Waals surface area contributed by atoms with Gasteiger partial charge in [-0.2, -0.15) is 0 Å². The highest BCUT2D eigenvalue weighted by atomic mass is 79.9. The van der Waals surface area contributed by atoms with Crippen LogP contribution in [0.3, 0.4) is 0 Å². The number of allylic oxidation sites excluding steroid dienone is 1. The van der Waals surface area contributed by atoms with E-state index in [1.807, 2.05) is 36.2 Å². The van der Waals surface area contributed by atoms with Crippen LogP contribution in [0.1, 0.15) is 21.5 Å². The van der Waals surface area contributed by atoms with Crippen molar-refractivity contribution in [3.8, 4) is 23.0 Å². The standard InChI is InChI=1S/C28H25BrN2O6/c1-31-12-11-20-21(26(34-2)28-27(24(20)29)36-16-37-28)14-22(31)25(33)17-7-6-8-18(13-17)30-23(32)15-35-19-9-4-3-5-10-19/h3-10,13-14H,11-12,15-16H2,1-2H3,(H,30,32). The SMILES string of the molecule is COc1c2c(c(Br)c3c1OCO3)CCN(C)C(C(=O)c1cccc(NC(=O)COc3ccccc3)c1)=C2. The summed E-state index contributed by atoms with van der Waals surface area (Å²) < 4.78 is 23.3. The van der Waals surface area contributed by atoms with Crippen molar-refractivity contribution < 1.29 is 28.5 Å². The molecule has 2 aliphatic rings. The van der Waals surface area contributed by atoms with Crippen molar-refractivity contribution in [2.24, 2.45) is 0 Å². The number of benzene rings is 3. The molecular formula is C28H25BrN2O6. The summed E-state index contributed by atoms with van der Waals surface area (Å²) >= 11 is 3.65. The zero-order chi connectivity index (χ0) is 25.9. The molecule has 37 heavy (non-hydrogen) atoms. The number of methoxy groups -OCH3 is 1. The fraction of sp³-hybridized carbons (Fsp3) is 0.214. The molecule has 3 aromatic rings. The molecule has 0 saturated carbocycles. The number of para-hydroxylation sites is 1. The minimum atomic E-state index is -0.321. The molecule has 0 aliphatic carbocycles. The molecule has 2 heterocycles. The van der Waals surface area contributed by atoms with Crippen molar-refractivity contribution in [1.82, 2.24) is 4.90 Å². The summed E-state index contributed by atoms with van der Waals surface area (Å²) in [6.45, 7) is 0.578. The van der Waals surface area contributed by atoms with Crippen LogP contribution in [0.2, 0.25) is 0 Å². The van der Waals surface area contributed by atoms with Gasteiger partial charge in [0, 0.05) is 30.4 Å². The van der Waals surface area contributed by atoms with Crippen LogP contribution in [-0.4, -0.2) is 50.7 Å². The summed E-state index contributed by atoms with van der Waals surface area (Å²) in [7, 11) is 3.45. The summed E-state index contributed by atoms with van der Waals surface area (Å²) in [4.78, 5) is 28.0. The molecule has 0 spiro atoms. The van der Waals surface area contributed by atoms with Gasteiger partial charge in [0.1, 0.15) is 5.75 Å². The molecule has 0 unspecified atom stereocenters. The minimum absolute atomic E-state index is 0.109. The monoisotopic (exact) mass is 564 g/mol. The number of halogens is 1. The first-order valence-corrected chi connectivity index (χ1v) is 12.5. The first-order chi connectivity index (χ1) is 18.0. The van der Waals surface area contributed by atoms with Crippen LogP contribution < -0.4 is 24.3 Å². The van der Waals surface area contributed by atoms with Crippen molar-refractivity contribution in [2.45, 2.75) is 6.42 Å². The van der Waals surface area contributed by atoms with Gasteiger partial charge < -0.3 is 29.2 Å². The Morgan fingerprint density at radius 1 is 1.08 bits per heavy atom. The summed E-state index contributed by atoms with van der Waals surface area (Å²) in [6.07, 6.45) is 2.50. The number of likely N-dealkylation sites (N-methyl/N-ethyl adjacent to an activating group) is 1. The molecule has 8 nitrogen and oxygen atoms in total. The molecule has 5 rings (SSSR count). The number of ketones is 1. The Morgan fingerprint density at radius 2 is 1.86 bits per heavy atom. The Labute approximate surface area is 222 Å². The number of hydrogen-bond acceptors (Lipinski definition) is 7. The first kappa shape index (κ1) is 24.7. The van der Waals surface area contributed by atoms with Crippen LogP contribution in [0, 0.1) is 0 Å². The number of anilines is 1. The third kappa shape index (κ3) is 4.99. The Kier molecular flexibility index (Phi) is 7.05. The van der Waals surface area contributed by atoms with Gasteiger partial charge in [-0.05, 0) is 58.3 Å². The van der Waals surface area contributed by atoms with Crippen LogP contribution in [0.4, 0.5) is 5.69 Å². The van der Waals surface area contributed by atoms with E-state index >= 15 is 0 Å². The summed E-state index contributed by atoms with van der Waals surface area (Å²) in [5.74, 6) is 1.77. The maximum absolute atomic E-state index is 13.7. The number of rotatable bonds is 7. The highest BCUT2D eigenvalue weighted by molar-refractivity contribution is 9.10. The number of Topliss-reactive ketones (excluding diaryl/α,β-unsaturated/α-hetero) is 1. The zero-order valence-electron chi connectivity index (χ0n) is 20.4. The van der Waals surface area contributed by atoms with Gasteiger partial charge in [0.2, 0.25) is 18.3 Å². The third-order valence-electron chi connectivity index (χ3n) is 6.20. The van der Waals surface area contributed by atoms with Crippen molar-refractivity contribution in [2.75, 3.05) is 39.4 Å². The lowest BCUT2D eigenvalue weighted by Crippen LogP contribution is -2.25. The Hall–Kier alpha value is -3.98. The average Bonchev–Trinajstić information content (AvgIpc) is 3.34. The lowest BCUT2D eigenvalue weighted by atomic mass is 10.0. The van der Waals surface area contributed by atoms with Crippen LogP contribution in [-0.2, 0) is 11.2 Å². The van der Waals surface area contributed by atoms with Crippen molar-refractivity contribution in [1.29, 1.82) is 0 Å². The average molecular weight is 565 g/mol. The Bertz CT molecular complexity index is 1390. The van der Waals surface area contributed by atoms with Gasteiger partial charge >= 0.3 is 0 Å². The fourth-order valence-corrected chi connectivity index (χ4v) is 5.07. The van der Waals surface area contributed by atoms with Crippen LogP contribution in [0.5, 0.6) is 23.0 Å². The molecule has 3 aromatic carbocycles. The van der Waals surface area contributed by atoms with Crippen molar-refractivity contribution >= 4 is 39.4 Å². The third-order valence-corrected chi connectivity index (χ3v) is 7.04. The highest BCUT2D eigenvalue weighted by Gasteiger charge is 2.31. The molecule has 0 bridgehead atoms. The number of nitrogens with zero attached hydrogens (tertiary/aromatic N) is 1. The molecule has 9 heteroatoms. The van der Waals surface area contributed by atoms with E-state index in [4.69, 9.17) is 18.9 Å². The number of carbonyl (C=O) groups is 2. The van der Waals surface area contributed by atoms with Crippen LogP contribution >= 0.6 is 15.9 Å². The lowest BCUT2D eigenvalue weighted by Gasteiger charge is -2.20.